The second-order valence-corrected chi connectivity index (χ2v) is 4.50. The summed E-state index contributed by atoms with van der Waals surface area (Å²) < 4.78 is 11.5. The van der Waals surface area contributed by atoms with Crippen molar-refractivity contribution in [2.75, 3.05) is 6.61 Å². The minimum Gasteiger partial charge on any atom is -0.487 e. The first-order valence-corrected chi connectivity index (χ1v) is 5.90. The van der Waals surface area contributed by atoms with E-state index in [4.69, 9.17) is 9.47 Å². The fourth-order valence-corrected chi connectivity index (χ4v) is 2.54. The molecular formula is C13H16O3. The minimum atomic E-state index is -0.417. The van der Waals surface area contributed by atoms with E-state index in [-0.39, 0.29) is 12.2 Å². The van der Waals surface area contributed by atoms with Gasteiger partial charge in [-0.15, -0.1) is 0 Å². The first kappa shape index (κ1) is 10.1. The second kappa shape index (κ2) is 4.07. The van der Waals surface area contributed by atoms with Crippen LogP contribution < -0.4 is 4.74 Å². The Bertz CT molecular complexity index is 371. The normalized spacial score (nSPS) is 33.2. The van der Waals surface area contributed by atoms with E-state index in [0.717, 1.165) is 30.8 Å². The molecule has 0 aromatic heterocycles. The van der Waals surface area contributed by atoms with Gasteiger partial charge in [-0.1, -0.05) is 18.2 Å². The van der Waals surface area contributed by atoms with Crippen molar-refractivity contribution in [1.29, 1.82) is 0 Å². The van der Waals surface area contributed by atoms with Crippen LogP contribution in [0.15, 0.2) is 24.3 Å². The molecule has 2 aliphatic rings. The molecule has 0 amide bonds. The Morgan fingerprint density at radius 2 is 2.06 bits per heavy atom. The van der Waals surface area contributed by atoms with Crippen molar-refractivity contribution in [3.05, 3.63) is 29.8 Å². The number of para-hydroxylation sites is 1. The summed E-state index contributed by atoms with van der Waals surface area (Å²) in [7, 11) is 0. The average Bonchev–Trinajstić information content (AvgIpc) is 2.82. The van der Waals surface area contributed by atoms with Crippen molar-refractivity contribution in [2.45, 2.75) is 37.6 Å². The zero-order valence-corrected chi connectivity index (χ0v) is 9.13. The van der Waals surface area contributed by atoms with E-state index in [1.54, 1.807) is 0 Å². The van der Waals surface area contributed by atoms with Crippen LogP contribution >= 0.6 is 0 Å². The molecule has 0 spiro atoms. The molecule has 2 aliphatic heterocycles. The van der Waals surface area contributed by atoms with Crippen LogP contribution in [0.3, 0.4) is 0 Å². The van der Waals surface area contributed by atoms with Gasteiger partial charge in [-0.05, 0) is 18.9 Å². The van der Waals surface area contributed by atoms with Crippen LogP contribution in [0.2, 0.25) is 0 Å². The van der Waals surface area contributed by atoms with E-state index in [2.05, 4.69) is 0 Å². The Hall–Kier alpha value is -1.06. The Labute approximate surface area is 95.0 Å². The highest BCUT2D eigenvalue weighted by Gasteiger charge is 2.34. The lowest BCUT2D eigenvalue weighted by atomic mass is 9.95. The van der Waals surface area contributed by atoms with Gasteiger partial charge >= 0.3 is 0 Å². The molecule has 2 heterocycles. The van der Waals surface area contributed by atoms with Crippen molar-refractivity contribution >= 4 is 0 Å². The number of aliphatic hydroxyl groups is 1. The van der Waals surface area contributed by atoms with Gasteiger partial charge in [0.1, 0.15) is 11.9 Å². The smallest absolute Gasteiger partial charge is 0.128 e. The molecule has 1 fully saturated rings. The number of rotatable bonds is 1. The molecule has 1 saturated heterocycles. The third kappa shape index (κ3) is 1.70. The second-order valence-electron chi connectivity index (χ2n) is 4.50. The Kier molecular flexibility index (Phi) is 2.58. The van der Waals surface area contributed by atoms with Crippen molar-refractivity contribution < 1.29 is 14.6 Å². The molecule has 1 aromatic rings. The SMILES string of the molecule is O[C@H]1CC(C2CCCO2)Oc2ccccc21. The van der Waals surface area contributed by atoms with E-state index in [9.17, 15) is 5.11 Å². The largest absolute Gasteiger partial charge is 0.487 e. The van der Waals surface area contributed by atoms with E-state index in [1.807, 2.05) is 24.3 Å². The average molecular weight is 220 g/mol. The standard InChI is InChI=1S/C13H16O3/c14-10-8-13(12-6-3-7-15-12)16-11-5-2-1-4-9(10)11/h1-2,4-5,10,12-14H,3,6-8H2/t10-,12?,13?/m0/s1. The molecule has 0 aliphatic carbocycles. The van der Waals surface area contributed by atoms with Gasteiger partial charge in [-0.3, -0.25) is 0 Å². The first-order chi connectivity index (χ1) is 7.84. The summed E-state index contributed by atoms with van der Waals surface area (Å²) >= 11 is 0. The van der Waals surface area contributed by atoms with Gasteiger partial charge in [0.05, 0.1) is 12.2 Å². The summed E-state index contributed by atoms with van der Waals surface area (Å²) in [6.45, 7) is 0.822. The molecule has 3 heteroatoms. The predicted octanol–water partition coefficient (Wildman–Crippen LogP) is 2.05. The van der Waals surface area contributed by atoms with Crippen LogP contribution in [-0.2, 0) is 4.74 Å². The lowest BCUT2D eigenvalue weighted by Crippen LogP contribution is -2.36. The number of ether oxygens (including phenoxy) is 2. The van der Waals surface area contributed by atoms with Gasteiger partial charge in [0.25, 0.3) is 0 Å². The Balaban J connectivity index is 1.83. The highest BCUT2D eigenvalue weighted by atomic mass is 16.5. The summed E-state index contributed by atoms with van der Waals surface area (Å²) in [5.41, 5.74) is 0.900. The molecule has 86 valence electrons. The molecule has 16 heavy (non-hydrogen) atoms. The molecular weight excluding hydrogens is 204 g/mol. The molecule has 0 radical (unpaired) electrons. The maximum Gasteiger partial charge on any atom is 0.128 e. The van der Waals surface area contributed by atoms with Crippen LogP contribution in [0.5, 0.6) is 5.75 Å². The molecule has 0 bridgehead atoms. The Morgan fingerprint density at radius 3 is 2.88 bits per heavy atom. The van der Waals surface area contributed by atoms with Crippen molar-refractivity contribution in [2.24, 2.45) is 0 Å². The fraction of sp³-hybridized carbons (Fsp3) is 0.538. The number of aliphatic hydroxyl groups excluding tert-OH is 1. The summed E-state index contributed by atoms with van der Waals surface area (Å²) in [5, 5.41) is 10.1. The topological polar surface area (TPSA) is 38.7 Å². The van der Waals surface area contributed by atoms with Gasteiger partial charge < -0.3 is 14.6 Å². The van der Waals surface area contributed by atoms with Gasteiger partial charge in [-0.25, -0.2) is 0 Å². The first-order valence-electron chi connectivity index (χ1n) is 5.90. The maximum absolute atomic E-state index is 10.1. The zero-order valence-electron chi connectivity index (χ0n) is 9.13. The summed E-state index contributed by atoms with van der Waals surface area (Å²) in [6.07, 6.45) is 2.53. The summed E-state index contributed by atoms with van der Waals surface area (Å²) in [4.78, 5) is 0. The van der Waals surface area contributed by atoms with Gasteiger partial charge in [0.2, 0.25) is 0 Å². The maximum atomic E-state index is 10.1. The summed E-state index contributed by atoms with van der Waals surface area (Å²) in [5.74, 6) is 0.807. The number of benzene rings is 1. The third-order valence-corrected chi connectivity index (χ3v) is 3.39. The summed E-state index contributed by atoms with van der Waals surface area (Å²) in [6, 6.07) is 7.70. The zero-order chi connectivity index (χ0) is 11.0. The van der Waals surface area contributed by atoms with Gasteiger partial charge in [-0.2, -0.15) is 0 Å². The molecule has 3 nitrogen and oxygen atoms in total. The van der Waals surface area contributed by atoms with Crippen LogP contribution in [-0.4, -0.2) is 23.9 Å². The van der Waals surface area contributed by atoms with E-state index in [0.29, 0.717) is 6.42 Å². The highest BCUT2D eigenvalue weighted by molar-refractivity contribution is 5.37. The monoisotopic (exact) mass is 220 g/mol. The fourth-order valence-electron chi connectivity index (χ4n) is 2.54. The van der Waals surface area contributed by atoms with Crippen LogP contribution in [0.25, 0.3) is 0 Å². The molecule has 2 unspecified atom stereocenters. The molecule has 1 aromatic carbocycles. The molecule has 3 rings (SSSR count). The van der Waals surface area contributed by atoms with Gasteiger partial charge in [0.15, 0.2) is 0 Å². The van der Waals surface area contributed by atoms with E-state index >= 15 is 0 Å². The quantitative estimate of drug-likeness (QED) is 0.787. The predicted molar refractivity (Wildman–Crippen MR) is 59.4 cm³/mol. The third-order valence-electron chi connectivity index (χ3n) is 3.39. The van der Waals surface area contributed by atoms with Crippen LogP contribution in [0, 0.1) is 0 Å². The lowest BCUT2D eigenvalue weighted by molar-refractivity contribution is -0.0271. The van der Waals surface area contributed by atoms with Crippen molar-refractivity contribution in [1.82, 2.24) is 0 Å². The number of hydrogen-bond acceptors (Lipinski definition) is 3. The lowest BCUT2D eigenvalue weighted by Gasteiger charge is -2.32. The van der Waals surface area contributed by atoms with Crippen molar-refractivity contribution in [3.63, 3.8) is 0 Å². The van der Waals surface area contributed by atoms with E-state index in [1.165, 1.54) is 0 Å². The molecule has 3 atom stereocenters. The number of fused-ring (bicyclic) bond motifs is 1. The minimum absolute atomic E-state index is 0.00685. The molecule has 1 N–H and O–H groups in total. The highest BCUT2D eigenvalue weighted by Crippen LogP contribution is 2.37. The van der Waals surface area contributed by atoms with Gasteiger partial charge in [0, 0.05) is 18.6 Å². The van der Waals surface area contributed by atoms with Crippen LogP contribution in [0.4, 0.5) is 0 Å². The van der Waals surface area contributed by atoms with E-state index < -0.39 is 6.10 Å². The Morgan fingerprint density at radius 1 is 1.19 bits per heavy atom. The molecule has 0 saturated carbocycles. The number of hydrogen-bond donors (Lipinski definition) is 1. The van der Waals surface area contributed by atoms with Crippen molar-refractivity contribution in [3.8, 4) is 5.75 Å². The van der Waals surface area contributed by atoms with Crippen LogP contribution in [0.1, 0.15) is 30.9 Å².